The summed E-state index contributed by atoms with van der Waals surface area (Å²) in [5, 5.41) is 3.37. The molecular formula is C12H22N2O. The van der Waals surface area contributed by atoms with E-state index in [0.717, 1.165) is 25.1 Å². The molecule has 0 saturated carbocycles. The molecule has 3 nitrogen and oxygen atoms in total. The summed E-state index contributed by atoms with van der Waals surface area (Å²) in [6.45, 7) is 12.8. The van der Waals surface area contributed by atoms with Gasteiger partial charge >= 0.3 is 0 Å². The summed E-state index contributed by atoms with van der Waals surface area (Å²) in [6.07, 6.45) is 1.71. The Hall–Kier alpha value is -0.830. The van der Waals surface area contributed by atoms with Crippen LogP contribution in [0.15, 0.2) is 12.2 Å². The first-order valence-electron chi connectivity index (χ1n) is 5.58. The number of carbonyl (C=O) groups excluding carboxylic acids is 1. The van der Waals surface area contributed by atoms with Gasteiger partial charge in [0, 0.05) is 31.6 Å². The molecule has 1 N–H and O–H groups in total. The minimum Gasteiger partial charge on any atom is -0.339 e. The fraction of sp³-hybridized carbons (Fsp3) is 0.750. The van der Waals surface area contributed by atoms with Gasteiger partial charge in [0.25, 0.3) is 0 Å². The van der Waals surface area contributed by atoms with Crippen molar-refractivity contribution in [2.45, 2.75) is 39.2 Å². The Balaban J connectivity index is 2.27. The van der Waals surface area contributed by atoms with E-state index < -0.39 is 0 Å². The van der Waals surface area contributed by atoms with Crippen molar-refractivity contribution in [3.05, 3.63) is 12.2 Å². The van der Waals surface area contributed by atoms with Crippen LogP contribution in [0.2, 0.25) is 0 Å². The lowest BCUT2D eigenvalue weighted by atomic mass is 10.1. The van der Waals surface area contributed by atoms with Gasteiger partial charge in [-0.05, 0) is 32.8 Å². The largest absolute Gasteiger partial charge is 0.339 e. The van der Waals surface area contributed by atoms with Crippen molar-refractivity contribution in [3.8, 4) is 0 Å². The van der Waals surface area contributed by atoms with Gasteiger partial charge in [0.05, 0.1) is 0 Å². The van der Waals surface area contributed by atoms with Gasteiger partial charge in [-0.2, -0.15) is 0 Å². The summed E-state index contributed by atoms with van der Waals surface area (Å²) in [6, 6.07) is 0. The molecule has 1 fully saturated rings. The van der Waals surface area contributed by atoms with Crippen LogP contribution in [0.1, 0.15) is 33.6 Å². The van der Waals surface area contributed by atoms with Gasteiger partial charge in [0.2, 0.25) is 5.91 Å². The first-order chi connectivity index (χ1) is 6.88. The predicted molar refractivity (Wildman–Crippen MR) is 62.7 cm³/mol. The van der Waals surface area contributed by atoms with Crippen LogP contribution in [0.5, 0.6) is 0 Å². The van der Waals surface area contributed by atoms with Gasteiger partial charge < -0.3 is 10.2 Å². The molecule has 1 aliphatic heterocycles. The van der Waals surface area contributed by atoms with E-state index in [2.05, 4.69) is 32.7 Å². The Morgan fingerprint density at radius 2 is 2.20 bits per heavy atom. The highest BCUT2D eigenvalue weighted by Gasteiger charge is 2.20. The number of hydrogen-bond donors (Lipinski definition) is 1. The monoisotopic (exact) mass is 210 g/mol. The molecule has 0 radical (unpaired) electrons. The number of carbonyl (C=O) groups is 1. The molecule has 0 aliphatic carbocycles. The lowest BCUT2D eigenvalue weighted by Gasteiger charge is -2.23. The molecule has 1 heterocycles. The van der Waals surface area contributed by atoms with Gasteiger partial charge in [-0.3, -0.25) is 4.79 Å². The van der Waals surface area contributed by atoms with Crippen LogP contribution in [-0.2, 0) is 4.79 Å². The quantitative estimate of drug-likeness (QED) is 0.714. The molecule has 1 rings (SSSR count). The first-order valence-corrected chi connectivity index (χ1v) is 5.58. The molecule has 0 unspecified atom stereocenters. The van der Waals surface area contributed by atoms with Gasteiger partial charge in [-0.25, -0.2) is 0 Å². The number of nitrogens with zero attached hydrogens (tertiary/aromatic N) is 1. The van der Waals surface area contributed by atoms with E-state index >= 15 is 0 Å². The molecule has 1 saturated heterocycles. The van der Waals surface area contributed by atoms with Crippen LogP contribution < -0.4 is 5.32 Å². The second-order valence-electron chi connectivity index (χ2n) is 5.27. The van der Waals surface area contributed by atoms with E-state index in [0.29, 0.717) is 13.0 Å². The Kier molecular flexibility index (Phi) is 3.91. The van der Waals surface area contributed by atoms with E-state index in [1.807, 2.05) is 4.90 Å². The third-order valence-corrected chi connectivity index (χ3v) is 2.45. The third-order valence-electron chi connectivity index (χ3n) is 2.45. The molecule has 15 heavy (non-hydrogen) atoms. The SMILES string of the molecule is C=C(CNC(C)(C)C)CN1CCCC1=O. The van der Waals surface area contributed by atoms with Gasteiger partial charge in [-0.15, -0.1) is 0 Å². The highest BCUT2D eigenvalue weighted by atomic mass is 16.2. The summed E-state index contributed by atoms with van der Waals surface area (Å²) < 4.78 is 0. The summed E-state index contributed by atoms with van der Waals surface area (Å²) in [5.41, 5.74) is 1.19. The van der Waals surface area contributed by atoms with Crippen LogP contribution in [0.25, 0.3) is 0 Å². The van der Waals surface area contributed by atoms with Crippen molar-refractivity contribution < 1.29 is 4.79 Å². The van der Waals surface area contributed by atoms with Crippen molar-refractivity contribution in [1.29, 1.82) is 0 Å². The van der Waals surface area contributed by atoms with Crippen molar-refractivity contribution in [3.63, 3.8) is 0 Å². The molecule has 86 valence electrons. The molecule has 0 aromatic carbocycles. The van der Waals surface area contributed by atoms with Crippen molar-refractivity contribution in [2.75, 3.05) is 19.6 Å². The zero-order chi connectivity index (χ0) is 11.5. The smallest absolute Gasteiger partial charge is 0.222 e. The highest BCUT2D eigenvalue weighted by Crippen LogP contribution is 2.11. The molecule has 0 atom stereocenters. The molecule has 0 spiro atoms. The number of amides is 1. The van der Waals surface area contributed by atoms with E-state index in [1.54, 1.807) is 0 Å². The fourth-order valence-corrected chi connectivity index (χ4v) is 1.59. The standard InChI is InChI=1S/C12H22N2O/c1-10(8-13-12(2,3)4)9-14-7-5-6-11(14)15/h13H,1,5-9H2,2-4H3. The normalized spacial score (nSPS) is 17.3. The van der Waals surface area contributed by atoms with Crippen LogP contribution in [-0.4, -0.2) is 36.0 Å². The van der Waals surface area contributed by atoms with Crippen molar-refractivity contribution >= 4 is 5.91 Å². The Morgan fingerprint density at radius 3 is 2.67 bits per heavy atom. The lowest BCUT2D eigenvalue weighted by molar-refractivity contribution is -0.127. The molecule has 0 aromatic heterocycles. The summed E-state index contributed by atoms with van der Waals surface area (Å²) in [4.78, 5) is 13.3. The van der Waals surface area contributed by atoms with Crippen LogP contribution in [0.4, 0.5) is 0 Å². The van der Waals surface area contributed by atoms with Gasteiger partial charge in [0.1, 0.15) is 0 Å². The van der Waals surface area contributed by atoms with E-state index in [9.17, 15) is 4.79 Å². The zero-order valence-corrected chi connectivity index (χ0v) is 10.1. The summed E-state index contributed by atoms with van der Waals surface area (Å²) >= 11 is 0. The van der Waals surface area contributed by atoms with Crippen LogP contribution in [0, 0.1) is 0 Å². The molecular weight excluding hydrogens is 188 g/mol. The average Bonchev–Trinajstić information content (AvgIpc) is 2.47. The van der Waals surface area contributed by atoms with Crippen molar-refractivity contribution in [2.24, 2.45) is 0 Å². The number of rotatable bonds is 4. The average molecular weight is 210 g/mol. The van der Waals surface area contributed by atoms with E-state index in [4.69, 9.17) is 0 Å². The van der Waals surface area contributed by atoms with E-state index in [-0.39, 0.29) is 11.4 Å². The molecule has 0 aromatic rings. The fourth-order valence-electron chi connectivity index (χ4n) is 1.59. The van der Waals surface area contributed by atoms with E-state index in [1.165, 1.54) is 0 Å². The van der Waals surface area contributed by atoms with Gasteiger partial charge in [0.15, 0.2) is 0 Å². The van der Waals surface area contributed by atoms with Crippen molar-refractivity contribution in [1.82, 2.24) is 10.2 Å². The Labute approximate surface area is 92.5 Å². The number of nitrogens with one attached hydrogen (secondary N) is 1. The summed E-state index contributed by atoms with van der Waals surface area (Å²) in [5.74, 6) is 0.270. The first kappa shape index (κ1) is 12.2. The topological polar surface area (TPSA) is 32.3 Å². The number of likely N-dealkylation sites (tertiary alicyclic amines) is 1. The van der Waals surface area contributed by atoms with Gasteiger partial charge in [-0.1, -0.05) is 6.58 Å². The zero-order valence-electron chi connectivity index (χ0n) is 10.1. The maximum Gasteiger partial charge on any atom is 0.222 e. The predicted octanol–water partition coefficient (Wildman–Crippen LogP) is 1.55. The summed E-state index contributed by atoms with van der Waals surface area (Å²) in [7, 11) is 0. The molecule has 3 heteroatoms. The second-order valence-corrected chi connectivity index (χ2v) is 5.27. The Morgan fingerprint density at radius 1 is 1.53 bits per heavy atom. The minimum absolute atomic E-state index is 0.109. The van der Waals surface area contributed by atoms with Crippen LogP contribution in [0.3, 0.4) is 0 Å². The highest BCUT2D eigenvalue weighted by molar-refractivity contribution is 5.78. The molecule has 1 aliphatic rings. The second kappa shape index (κ2) is 4.79. The molecule has 1 amide bonds. The minimum atomic E-state index is 0.109. The third kappa shape index (κ3) is 4.47. The molecule has 0 bridgehead atoms. The maximum absolute atomic E-state index is 11.4. The number of hydrogen-bond acceptors (Lipinski definition) is 2. The van der Waals surface area contributed by atoms with Crippen LogP contribution >= 0.6 is 0 Å². The maximum atomic E-state index is 11.4. The lowest BCUT2D eigenvalue weighted by Crippen LogP contribution is -2.39. The Bertz CT molecular complexity index is 253.